The second kappa shape index (κ2) is 6.37. The molecule has 0 bridgehead atoms. The minimum Gasteiger partial charge on any atom is -0.508 e. The van der Waals surface area contributed by atoms with Crippen molar-refractivity contribution in [3.8, 4) is 5.75 Å². The highest BCUT2D eigenvalue weighted by molar-refractivity contribution is 8.13. The third-order valence-electron chi connectivity index (χ3n) is 1.04. The van der Waals surface area contributed by atoms with Crippen LogP contribution in [-0.2, 0) is 0 Å². The fourth-order valence-corrected chi connectivity index (χ4v) is 1.09. The number of carboxylic acid groups (broad SMARTS) is 1. The normalized spacial score (nSPS) is 8.46. The van der Waals surface area contributed by atoms with Crippen molar-refractivity contribution in [3.05, 3.63) is 24.3 Å². The SMILES string of the molecule is CC.O=C(O)Sc1ccc(O)cc1. The van der Waals surface area contributed by atoms with Crippen molar-refractivity contribution >= 4 is 17.1 Å². The van der Waals surface area contributed by atoms with E-state index in [1.165, 1.54) is 12.1 Å². The van der Waals surface area contributed by atoms with Crippen LogP contribution in [0.25, 0.3) is 0 Å². The molecule has 2 N–H and O–H groups in total. The average Bonchev–Trinajstić information content (AvgIpc) is 2.12. The predicted octanol–water partition coefficient (Wildman–Crippen LogP) is 3.19. The van der Waals surface area contributed by atoms with Crippen LogP contribution < -0.4 is 0 Å². The van der Waals surface area contributed by atoms with E-state index in [0.717, 1.165) is 0 Å². The van der Waals surface area contributed by atoms with E-state index in [4.69, 9.17) is 10.2 Å². The maximum Gasteiger partial charge on any atom is 0.369 e. The first kappa shape index (κ1) is 11.8. The lowest BCUT2D eigenvalue weighted by Gasteiger charge is -1.94. The van der Waals surface area contributed by atoms with Crippen molar-refractivity contribution in [3.63, 3.8) is 0 Å². The molecule has 0 aliphatic carbocycles. The Bertz CT molecular complexity index is 256. The van der Waals surface area contributed by atoms with Crippen molar-refractivity contribution in [2.24, 2.45) is 0 Å². The van der Waals surface area contributed by atoms with Crippen LogP contribution in [0.1, 0.15) is 13.8 Å². The number of benzene rings is 1. The van der Waals surface area contributed by atoms with Gasteiger partial charge in [-0.25, -0.2) is 4.79 Å². The van der Waals surface area contributed by atoms with Gasteiger partial charge in [0.15, 0.2) is 0 Å². The number of thioether (sulfide) groups is 1. The molecule has 0 saturated heterocycles. The van der Waals surface area contributed by atoms with E-state index in [2.05, 4.69) is 0 Å². The number of rotatable bonds is 1. The Kier molecular flexibility index (Phi) is 5.80. The molecule has 4 heteroatoms. The molecule has 0 fully saturated rings. The van der Waals surface area contributed by atoms with Crippen LogP contribution in [-0.4, -0.2) is 15.5 Å². The van der Waals surface area contributed by atoms with E-state index < -0.39 is 5.30 Å². The van der Waals surface area contributed by atoms with E-state index in [1.54, 1.807) is 12.1 Å². The Hall–Kier alpha value is -1.16. The smallest absolute Gasteiger partial charge is 0.369 e. The van der Waals surface area contributed by atoms with Crippen LogP contribution in [0.3, 0.4) is 0 Å². The summed E-state index contributed by atoms with van der Waals surface area (Å²) in [6.45, 7) is 4.00. The molecule has 0 aromatic heterocycles. The molecular weight excluding hydrogens is 188 g/mol. The van der Waals surface area contributed by atoms with Gasteiger partial charge >= 0.3 is 5.30 Å². The summed E-state index contributed by atoms with van der Waals surface area (Å²) in [5.74, 6) is 0.139. The van der Waals surface area contributed by atoms with Gasteiger partial charge in [-0.05, 0) is 36.0 Å². The summed E-state index contributed by atoms with van der Waals surface area (Å²) >= 11 is 0.713. The molecule has 0 atom stereocenters. The van der Waals surface area contributed by atoms with Gasteiger partial charge in [0.1, 0.15) is 5.75 Å². The molecule has 1 aromatic rings. The molecule has 72 valence electrons. The summed E-state index contributed by atoms with van der Waals surface area (Å²) in [5.41, 5.74) is 0. The number of phenolic OH excluding ortho intramolecular Hbond substituents is 1. The molecule has 0 amide bonds. The summed E-state index contributed by atoms with van der Waals surface area (Å²) in [6.07, 6.45) is 0. The lowest BCUT2D eigenvalue weighted by Crippen LogP contribution is -1.81. The summed E-state index contributed by atoms with van der Waals surface area (Å²) in [7, 11) is 0. The minimum absolute atomic E-state index is 0.139. The Balaban J connectivity index is 0.000000671. The lowest BCUT2D eigenvalue weighted by molar-refractivity contribution is 0.222. The zero-order valence-electron chi connectivity index (χ0n) is 7.52. The summed E-state index contributed by atoms with van der Waals surface area (Å²) in [4.78, 5) is 10.8. The van der Waals surface area contributed by atoms with Crippen molar-refractivity contribution in [1.82, 2.24) is 0 Å². The molecule has 0 radical (unpaired) electrons. The van der Waals surface area contributed by atoms with E-state index >= 15 is 0 Å². The second-order valence-electron chi connectivity index (χ2n) is 1.86. The molecule has 1 aromatic carbocycles. The molecular formula is C9H12O3S. The summed E-state index contributed by atoms with van der Waals surface area (Å²) < 4.78 is 0. The fraction of sp³-hybridized carbons (Fsp3) is 0.222. The van der Waals surface area contributed by atoms with Crippen molar-refractivity contribution < 1.29 is 15.0 Å². The number of hydrogen-bond acceptors (Lipinski definition) is 3. The number of hydrogen-bond donors (Lipinski definition) is 2. The van der Waals surface area contributed by atoms with Gasteiger partial charge in [0.2, 0.25) is 0 Å². The largest absolute Gasteiger partial charge is 0.508 e. The maximum absolute atomic E-state index is 10.2. The molecule has 0 aliphatic rings. The van der Waals surface area contributed by atoms with E-state index in [9.17, 15) is 4.79 Å². The van der Waals surface area contributed by atoms with Gasteiger partial charge in [-0.1, -0.05) is 13.8 Å². The average molecular weight is 200 g/mol. The monoisotopic (exact) mass is 200 g/mol. The first-order chi connectivity index (χ1) is 6.18. The van der Waals surface area contributed by atoms with Crippen LogP contribution in [0, 0.1) is 0 Å². The molecule has 13 heavy (non-hydrogen) atoms. The van der Waals surface area contributed by atoms with Crippen molar-refractivity contribution in [1.29, 1.82) is 0 Å². The highest BCUT2D eigenvalue weighted by Gasteiger charge is 1.99. The Morgan fingerprint density at radius 3 is 2.08 bits per heavy atom. The quantitative estimate of drug-likeness (QED) is 0.683. The highest BCUT2D eigenvalue weighted by Crippen LogP contribution is 2.20. The van der Waals surface area contributed by atoms with E-state index in [1.807, 2.05) is 13.8 Å². The standard InChI is InChI=1S/C7H6O3S.C2H6/c8-5-1-3-6(4-2-5)11-7(9)10;1-2/h1-4,8H,(H,9,10);1-2H3. The Morgan fingerprint density at radius 1 is 1.23 bits per heavy atom. The zero-order chi connectivity index (χ0) is 10.3. The third-order valence-corrected chi connectivity index (χ3v) is 1.72. The maximum atomic E-state index is 10.2. The third kappa shape index (κ3) is 5.14. The van der Waals surface area contributed by atoms with Gasteiger partial charge in [-0.3, -0.25) is 0 Å². The van der Waals surface area contributed by atoms with Crippen LogP contribution in [0.5, 0.6) is 5.75 Å². The van der Waals surface area contributed by atoms with Gasteiger partial charge in [0.05, 0.1) is 0 Å². The van der Waals surface area contributed by atoms with Crippen LogP contribution >= 0.6 is 11.8 Å². The molecule has 1 rings (SSSR count). The van der Waals surface area contributed by atoms with Gasteiger partial charge in [0, 0.05) is 4.90 Å². The van der Waals surface area contributed by atoms with Crippen molar-refractivity contribution in [2.75, 3.05) is 0 Å². The first-order valence-corrected chi connectivity index (χ1v) is 4.70. The predicted molar refractivity (Wildman–Crippen MR) is 53.3 cm³/mol. The van der Waals surface area contributed by atoms with Crippen molar-refractivity contribution in [2.45, 2.75) is 18.7 Å². The molecule has 0 unspecified atom stereocenters. The lowest BCUT2D eigenvalue weighted by atomic mass is 10.3. The van der Waals surface area contributed by atoms with Gasteiger partial charge in [-0.2, -0.15) is 0 Å². The second-order valence-corrected chi connectivity index (χ2v) is 2.89. The zero-order valence-corrected chi connectivity index (χ0v) is 8.34. The summed E-state index contributed by atoms with van der Waals surface area (Å²) in [6, 6.07) is 6.00. The van der Waals surface area contributed by atoms with Crippen LogP contribution in [0.15, 0.2) is 29.2 Å². The topological polar surface area (TPSA) is 57.5 Å². The number of phenols is 1. The minimum atomic E-state index is -0.948. The van der Waals surface area contributed by atoms with Gasteiger partial charge in [0.25, 0.3) is 0 Å². The van der Waals surface area contributed by atoms with E-state index in [0.29, 0.717) is 16.7 Å². The molecule has 3 nitrogen and oxygen atoms in total. The molecule has 0 saturated carbocycles. The van der Waals surface area contributed by atoms with Gasteiger partial charge in [-0.15, -0.1) is 0 Å². The number of carbonyl (C=O) groups is 1. The first-order valence-electron chi connectivity index (χ1n) is 3.88. The van der Waals surface area contributed by atoms with E-state index in [-0.39, 0.29) is 5.75 Å². The van der Waals surface area contributed by atoms with Crippen LogP contribution in [0.4, 0.5) is 4.79 Å². The Morgan fingerprint density at radius 2 is 1.69 bits per heavy atom. The number of aromatic hydroxyl groups is 1. The molecule has 0 spiro atoms. The van der Waals surface area contributed by atoms with Gasteiger partial charge < -0.3 is 10.2 Å². The molecule has 0 aliphatic heterocycles. The fourth-order valence-electron chi connectivity index (χ4n) is 0.615. The van der Waals surface area contributed by atoms with Crippen LogP contribution in [0.2, 0.25) is 0 Å². The summed E-state index contributed by atoms with van der Waals surface area (Å²) in [5, 5.41) is 16.2. The molecule has 0 heterocycles. The highest BCUT2D eigenvalue weighted by atomic mass is 32.2. The Labute approximate surface area is 81.4 Å².